The van der Waals surface area contributed by atoms with Crippen LogP contribution in [0.2, 0.25) is 5.02 Å². The number of amides is 2. The Bertz CT molecular complexity index is 751. The summed E-state index contributed by atoms with van der Waals surface area (Å²) in [5, 5.41) is 5.54. The maximum Gasteiger partial charge on any atom is 0.246 e. The van der Waals surface area contributed by atoms with E-state index in [1.807, 2.05) is 7.05 Å². The number of ketones is 1. The lowest BCUT2D eigenvalue weighted by Gasteiger charge is -2.29. The van der Waals surface area contributed by atoms with Crippen LogP contribution in [-0.2, 0) is 14.4 Å². The van der Waals surface area contributed by atoms with Crippen LogP contribution in [0.4, 0.5) is 10.1 Å². The second-order valence-electron chi connectivity index (χ2n) is 8.06. The quantitative estimate of drug-likeness (QED) is 0.544. The summed E-state index contributed by atoms with van der Waals surface area (Å²) >= 11 is 5.79. The zero-order valence-corrected chi connectivity index (χ0v) is 18.4. The number of nitrogens with one attached hydrogen (secondary N) is 2. The van der Waals surface area contributed by atoms with Crippen LogP contribution in [0.1, 0.15) is 51.9 Å². The van der Waals surface area contributed by atoms with Crippen molar-refractivity contribution < 1.29 is 18.8 Å². The molecule has 1 aliphatic rings. The molecule has 6 nitrogen and oxygen atoms in total. The van der Waals surface area contributed by atoms with Crippen molar-refractivity contribution in [3.05, 3.63) is 29.0 Å². The van der Waals surface area contributed by atoms with Crippen LogP contribution >= 0.6 is 11.6 Å². The van der Waals surface area contributed by atoms with Crippen LogP contribution in [-0.4, -0.2) is 48.7 Å². The highest BCUT2D eigenvalue weighted by molar-refractivity contribution is 6.31. The fraction of sp³-hybridized carbons (Fsp3) is 0.591. The molecule has 1 aliphatic heterocycles. The van der Waals surface area contributed by atoms with Crippen LogP contribution in [0, 0.1) is 11.7 Å². The SMILES string of the molecule is CC(=O)CCCCC[C@H](NC(=O)C1CCN(C)CC1)C(=O)Nc1ccc(F)c(Cl)c1. The molecule has 0 spiro atoms. The third kappa shape index (κ3) is 8.03. The number of nitrogens with zero attached hydrogens (tertiary/aromatic N) is 1. The zero-order valence-electron chi connectivity index (χ0n) is 17.7. The Morgan fingerprint density at radius 3 is 2.53 bits per heavy atom. The molecule has 1 saturated heterocycles. The summed E-state index contributed by atoms with van der Waals surface area (Å²) in [4.78, 5) is 38.8. The van der Waals surface area contributed by atoms with E-state index in [2.05, 4.69) is 15.5 Å². The predicted octanol–water partition coefficient (Wildman–Crippen LogP) is 3.78. The topological polar surface area (TPSA) is 78.5 Å². The third-order valence-corrected chi connectivity index (χ3v) is 5.72. The Balaban J connectivity index is 1.97. The second-order valence-corrected chi connectivity index (χ2v) is 8.47. The van der Waals surface area contributed by atoms with E-state index in [9.17, 15) is 18.8 Å². The molecule has 30 heavy (non-hydrogen) atoms. The van der Waals surface area contributed by atoms with Gasteiger partial charge in [-0.2, -0.15) is 0 Å². The van der Waals surface area contributed by atoms with Gasteiger partial charge in [-0.05, 0) is 70.9 Å². The third-order valence-electron chi connectivity index (χ3n) is 5.43. The summed E-state index contributed by atoms with van der Waals surface area (Å²) in [5.41, 5.74) is 0.376. The van der Waals surface area contributed by atoms with Crippen LogP contribution in [0.25, 0.3) is 0 Å². The van der Waals surface area contributed by atoms with E-state index in [0.29, 0.717) is 24.9 Å². The molecule has 0 aliphatic carbocycles. The van der Waals surface area contributed by atoms with Gasteiger partial charge >= 0.3 is 0 Å². The zero-order chi connectivity index (χ0) is 22.1. The van der Waals surface area contributed by atoms with Crippen molar-refractivity contribution in [2.45, 2.75) is 57.9 Å². The van der Waals surface area contributed by atoms with E-state index < -0.39 is 11.9 Å². The number of benzene rings is 1. The van der Waals surface area contributed by atoms with Crippen molar-refractivity contribution in [1.82, 2.24) is 10.2 Å². The Kier molecular flexibility index (Phi) is 9.72. The number of Topliss-reactive ketones (excluding diaryl/α,β-unsaturated/α-hetero) is 1. The summed E-state index contributed by atoms with van der Waals surface area (Å²) in [6.07, 6.45) is 4.80. The molecular weight excluding hydrogens is 409 g/mol. The van der Waals surface area contributed by atoms with Crippen molar-refractivity contribution in [2.75, 3.05) is 25.5 Å². The fourth-order valence-electron chi connectivity index (χ4n) is 3.53. The van der Waals surface area contributed by atoms with Gasteiger partial charge in [0.15, 0.2) is 0 Å². The average Bonchev–Trinajstić information content (AvgIpc) is 2.69. The van der Waals surface area contributed by atoms with Crippen molar-refractivity contribution in [3.63, 3.8) is 0 Å². The van der Waals surface area contributed by atoms with Gasteiger partial charge in [-0.3, -0.25) is 9.59 Å². The highest BCUT2D eigenvalue weighted by atomic mass is 35.5. The first-order chi connectivity index (χ1) is 14.3. The molecule has 0 saturated carbocycles. The summed E-state index contributed by atoms with van der Waals surface area (Å²) in [6.45, 7) is 3.27. The molecule has 1 heterocycles. The lowest BCUT2D eigenvalue weighted by molar-refractivity contribution is -0.130. The smallest absolute Gasteiger partial charge is 0.246 e. The van der Waals surface area contributed by atoms with Gasteiger partial charge in [-0.1, -0.05) is 24.4 Å². The number of unbranched alkanes of at least 4 members (excludes halogenated alkanes) is 2. The highest BCUT2D eigenvalue weighted by Gasteiger charge is 2.27. The number of hydrogen-bond acceptors (Lipinski definition) is 4. The van der Waals surface area contributed by atoms with Gasteiger partial charge in [0, 0.05) is 18.0 Å². The maximum absolute atomic E-state index is 13.4. The molecule has 1 atom stereocenters. The lowest BCUT2D eigenvalue weighted by Crippen LogP contribution is -2.47. The molecule has 8 heteroatoms. The molecule has 1 aromatic carbocycles. The number of carbonyl (C=O) groups is 3. The van der Waals surface area contributed by atoms with Gasteiger partial charge < -0.3 is 20.3 Å². The molecule has 0 unspecified atom stereocenters. The van der Waals surface area contributed by atoms with Crippen LogP contribution < -0.4 is 10.6 Å². The van der Waals surface area contributed by atoms with E-state index in [1.165, 1.54) is 18.2 Å². The van der Waals surface area contributed by atoms with Crippen LogP contribution in [0.5, 0.6) is 0 Å². The standard InChI is InChI=1S/C22H31ClFN3O3/c1-15(28)6-4-3-5-7-20(26-21(29)16-10-12-27(2)13-11-16)22(30)25-17-8-9-19(24)18(23)14-17/h8-9,14,16,20H,3-7,10-13H2,1-2H3,(H,25,30)(H,26,29)/t20-/m0/s1. The molecule has 2 amide bonds. The Morgan fingerprint density at radius 1 is 1.20 bits per heavy atom. The number of anilines is 1. The molecule has 2 N–H and O–H groups in total. The average molecular weight is 440 g/mol. The van der Waals surface area contributed by atoms with Gasteiger partial charge in [-0.25, -0.2) is 4.39 Å². The van der Waals surface area contributed by atoms with Crippen LogP contribution in [0.3, 0.4) is 0 Å². The Morgan fingerprint density at radius 2 is 1.90 bits per heavy atom. The molecule has 0 bridgehead atoms. The summed E-state index contributed by atoms with van der Waals surface area (Å²) in [7, 11) is 2.03. The number of piperidine rings is 1. The number of rotatable bonds is 10. The van der Waals surface area contributed by atoms with Gasteiger partial charge in [0.05, 0.1) is 5.02 Å². The lowest BCUT2D eigenvalue weighted by atomic mass is 9.95. The van der Waals surface area contributed by atoms with Gasteiger partial charge in [0.25, 0.3) is 0 Å². The second kappa shape index (κ2) is 12.0. The fourth-order valence-corrected chi connectivity index (χ4v) is 3.71. The van der Waals surface area contributed by atoms with E-state index >= 15 is 0 Å². The van der Waals surface area contributed by atoms with Crippen molar-refractivity contribution in [2.24, 2.45) is 5.92 Å². The summed E-state index contributed by atoms with van der Waals surface area (Å²) in [6, 6.07) is 3.27. The Labute approximate surface area is 182 Å². The minimum Gasteiger partial charge on any atom is -0.344 e. The maximum atomic E-state index is 13.4. The van der Waals surface area contributed by atoms with E-state index in [1.54, 1.807) is 6.92 Å². The largest absolute Gasteiger partial charge is 0.344 e. The first kappa shape index (κ1) is 24.3. The first-order valence-corrected chi connectivity index (χ1v) is 10.9. The molecule has 166 valence electrons. The molecular formula is C22H31ClFN3O3. The normalized spacial score (nSPS) is 16.1. The van der Waals surface area contributed by atoms with Crippen molar-refractivity contribution >= 4 is 34.9 Å². The number of carbonyl (C=O) groups excluding carboxylic acids is 3. The molecule has 0 aromatic heterocycles. The number of hydrogen-bond donors (Lipinski definition) is 2. The predicted molar refractivity (Wildman–Crippen MR) is 116 cm³/mol. The monoisotopic (exact) mass is 439 g/mol. The highest BCUT2D eigenvalue weighted by Crippen LogP contribution is 2.21. The summed E-state index contributed by atoms with van der Waals surface area (Å²) < 4.78 is 13.4. The molecule has 1 fully saturated rings. The Hall–Kier alpha value is -1.99. The number of halogens is 2. The molecule has 1 aromatic rings. The molecule has 2 rings (SSSR count). The van der Waals surface area contributed by atoms with Gasteiger partial charge in [0.1, 0.15) is 17.6 Å². The van der Waals surface area contributed by atoms with Gasteiger partial charge in [-0.15, -0.1) is 0 Å². The first-order valence-electron chi connectivity index (χ1n) is 10.5. The molecule has 0 radical (unpaired) electrons. The van der Waals surface area contributed by atoms with Gasteiger partial charge in [0.2, 0.25) is 11.8 Å². The van der Waals surface area contributed by atoms with Crippen molar-refractivity contribution in [1.29, 1.82) is 0 Å². The van der Waals surface area contributed by atoms with Crippen molar-refractivity contribution in [3.8, 4) is 0 Å². The van der Waals surface area contributed by atoms with E-state index in [4.69, 9.17) is 11.6 Å². The van der Waals surface area contributed by atoms with Crippen LogP contribution in [0.15, 0.2) is 18.2 Å². The van der Waals surface area contributed by atoms with E-state index in [-0.39, 0.29) is 28.5 Å². The van der Waals surface area contributed by atoms with E-state index in [0.717, 1.165) is 38.8 Å². The summed E-state index contributed by atoms with van der Waals surface area (Å²) in [5.74, 6) is -0.982. The minimum atomic E-state index is -0.696. The minimum absolute atomic E-state index is 0.0797. The number of likely N-dealkylation sites (tertiary alicyclic amines) is 1.